The van der Waals surface area contributed by atoms with Crippen LogP contribution in [0.3, 0.4) is 0 Å². The van der Waals surface area contributed by atoms with Crippen molar-refractivity contribution < 1.29 is 14.3 Å². The number of rotatable bonds is 6. The molecule has 0 radical (unpaired) electrons. The van der Waals surface area contributed by atoms with Crippen molar-refractivity contribution in [1.82, 2.24) is 5.32 Å². The predicted octanol–water partition coefficient (Wildman–Crippen LogP) is 1.54. The van der Waals surface area contributed by atoms with Crippen molar-refractivity contribution in [2.45, 2.75) is 20.5 Å². The second-order valence-electron chi connectivity index (χ2n) is 4.54. The monoisotopic (exact) mass is 264 g/mol. The molecule has 19 heavy (non-hydrogen) atoms. The Morgan fingerprint density at radius 2 is 1.84 bits per heavy atom. The second-order valence-corrected chi connectivity index (χ2v) is 4.54. The first-order valence-corrected chi connectivity index (χ1v) is 6.23. The average molecular weight is 264 g/mol. The average Bonchev–Trinajstić information content (AvgIpc) is 2.37. The molecule has 0 bridgehead atoms. The van der Waals surface area contributed by atoms with Gasteiger partial charge in [-0.2, -0.15) is 0 Å². The van der Waals surface area contributed by atoms with Gasteiger partial charge in [-0.1, -0.05) is 26.0 Å². The summed E-state index contributed by atoms with van der Waals surface area (Å²) in [5.74, 6) is -0.437. The van der Waals surface area contributed by atoms with Crippen molar-refractivity contribution in [2.24, 2.45) is 5.92 Å². The summed E-state index contributed by atoms with van der Waals surface area (Å²) in [6, 6.07) is 7.21. The van der Waals surface area contributed by atoms with Crippen LogP contribution in [0.15, 0.2) is 24.3 Å². The lowest BCUT2D eigenvalue weighted by molar-refractivity contribution is -0.148. The Balaban J connectivity index is 2.47. The van der Waals surface area contributed by atoms with E-state index in [1.165, 1.54) is 0 Å². The van der Waals surface area contributed by atoms with E-state index in [-0.39, 0.29) is 30.9 Å². The minimum absolute atomic E-state index is 0.0958. The van der Waals surface area contributed by atoms with Crippen LogP contribution in [0.25, 0.3) is 0 Å². The van der Waals surface area contributed by atoms with Crippen LogP contribution in [-0.2, 0) is 20.9 Å². The number of hydrogen-bond acceptors (Lipinski definition) is 4. The third-order valence-electron chi connectivity index (χ3n) is 2.43. The maximum Gasteiger partial charge on any atom is 0.308 e. The van der Waals surface area contributed by atoms with E-state index in [2.05, 4.69) is 10.6 Å². The number of amides is 1. The molecule has 0 aliphatic rings. The summed E-state index contributed by atoms with van der Waals surface area (Å²) >= 11 is 0. The summed E-state index contributed by atoms with van der Waals surface area (Å²) in [7, 11) is 1.71. The summed E-state index contributed by atoms with van der Waals surface area (Å²) in [5, 5.41) is 5.52. The standard InChI is InChI=1S/C14H20N2O3/c1-10(2)14(18)19-9-11-4-6-12(7-5-11)16-13(17)8-15-3/h4-7,10,15H,8-9H2,1-3H3,(H,16,17). The molecular formula is C14H20N2O3. The maximum absolute atomic E-state index is 11.3. The van der Waals surface area contributed by atoms with Crippen LogP contribution >= 0.6 is 0 Å². The zero-order valence-corrected chi connectivity index (χ0v) is 11.5. The first-order valence-electron chi connectivity index (χ1n) is 6.23. The first kappa shape index (κ1) is 15.2. The number of nitrogens with one attached hydrogen (secondary N) is 2. The van der Waals surface area contributed by atoms with Gasteiger partial charge in [0.25, 0.3) is 0 Å². The SMILES string of the molecule is CNCC(=O)Nc1ccc(COC(=O)C(C)C)cc1. The number of likely N-dealkylation sites (N-methyl/N-ethyl adjacent to an activating group) is 1. The molecule has 0 heterocycles. The van der Waals surface area contributed by atoms with Gasteiger partial charge in [0.15, 0.2) is 0 Å². The second kappa shape index (κ2) is 7.53. The zero-order chi connectivity index (χ0) is 14.3. The summed E-state index contributed by atoms with van der Waals surface area (Å²) in [6.45, 7) is 4.11. The molecule has 0 saturated heterocycles. The lowest BCUT2D eigenvalue weighted by Crippen LogP contribution is -2.24. The van der Waals surface area contributed by atoms with Gasteiger partial charge in [0.2, 0.25) is 5.91 Å². The summed E-state index contributed by atoms with van der Waals surface area (Å²) in [6.07, 6.45) is 0. The molecule has 0 saturated carbocycles. The molecule has 1 rings (SSSR count). The van der Waals surface area contributed by atoms with Crippen LogP contribution < -0.4 is 10.6 Å². The van der Waals surface area contributed by atoms with Crippen LogP contribution in [0, 0.1) is 5.92 Å². The summed E-state index contributed by atoms with van der Waals surface area (Å²) in [5.41, 5.74) is 1.61. The smallest absolute Gasteiger partial charge is 0.308 e. The zero-order valence-electron chi connectivity index (χ0n) is 11.5. The van der Waals surface area contributed by atoms with E-state index < -0.39 is 0 Å². The van der Waals surface area contributed by atoms with E-state index in [1.54, 1.807) is 33.0 Å². The number of ether oxygens (including phenoxy) is 1. The van der Waals surface area contributed by atoms with Crippen molar-refractivity contribution in [3.8, 4) is 0 Å². The van der Waals surface area contributed by atoms with E-state index in [0.717, 1.165) is 11.3 Å². The van der Waals surface area contributed by atoms with Crippen LogP contribution in [-0.4, -0.2) is 25.5 Å². The van der Waals surface area contributed by atoms with Crippen molar-refractivity contribution >= 4 is 17.6 Å². The fraction of sp³-hybridized carbons (Fsp3) is 0.429. The van der Waals surface area contributed by atoms with Gasteiger partial charge < -0.3 is 15.4 Å². The van der Waals surface area contributed by atoms with Crippen molar-refractivity contribution in [3.05, 3.63) is 29.8 Å². The molecule has 0 fully saturated rings. The molecule has 5 heteroatoms. The van der Waals surface area contributed by atoms with E-state index >= 15 is 0 Å². The number of carbonyl (C=O) groups is 2. The number of esters is 1. The summed E-state index contributed by atoms with van der Waals surface area (Å²) in [4.78, 5) is 22.7. The number of anilines is 1. The van der Waals surface area contributed by atoms with E-state index in [1.807, 2.05) is 12.1 Å². The van der Waals surface area contributed by atoms with Gasteiger partial charge in [-0.05, 0) is 24.7 Å². The van der Waals surface area contributed by atoms with Crippen molar-refractivity contribution in [2.75, 3.05) is 18.9 Å². The van der Waals surface area contributed by atoms with Crippen LogP contribution in [0.2, 0.25) is 0 Å². The quantitative estimate of drug-likeness (QED) is 0.765. The van der Waals surface area contributed by atoms with E-state index in [4.69, 9.17) is 4.74 Å². The van der Waals surface area contributed by atoms with Gasteiger partial charge in [-0.15, -0.1) is 0 Å². The highest BCUT2D eigenvalue weighted by Crippen LogP contribution is 2.11. The number of hydrogen-bond donors (Lipinski definition) is 2. The highest BCUT2D eigenvalue weighted by molar-refractivity contribution is 5.92. The van der Waals surface area contributed by atoms with Crippen LogP contribution in [0.5, 0.6) is 0 Å². The normalized spacial score (nSPS) is 10.3. The molecule has 1 aromatic rings. The Bertz CT molecular complexity index is 427. The predicted molar refractivity (Wildman–Crippen MR) is 73.6 cm³/mol. The molecule has 0 aliphatic heterocycles. The van der Waals surface area contributed by atoms with Gasteiger partial charge >= 0.3 is 5.97 Å². The Morgan fingerprint density at radius 1 is 1.21 bits per heavy atom. The van der Waals surface area contributed by atoms with Crippen LogP contribution in [0.1, 0.15) is 19.4 Å². The van der Waals surface area contributed by atoms with Crippen molar-refractivity contribution in [3.63, 3.8) is 0 Å². The molecule has 0 spiro atoms. The maximum atomic E-state index is 11.3. The lowest BCUT2D eigenvalue weighted by Gasteiger charge is -2.08. The topological polar surface area (TPSA) is 67.4 Å². The third-order valence-corrected chi connectivity index (χ3v) is 2.43. The molecule has 2 N–H and O–H groups in total. The van der Waals surface area contributed by atoms with Gasteiger partial charge in [-0.3, -0.25) is 9.59 Å². The Morgan fingerprint density at radius 3 is 2.37 bits per heavy atom. The van der Waals surface area contributed by atoms with E-state index in [9.17, 15) is 9.59 Å². The molecule has 1 amide bonds. The molecule has 0 aromatic heterocycles. The molecule has 1 aromatic carbocycles. The van der Waals surface area contributed by atoms with Crippen molar-refractivity contribution in [1.29, 1.82) is 0 Å². The van der Waals surface area contributed by atoms with Gasteiger partial charge in [0.05, 0.1) is 12.5 Å². The lowest BCUT2D eigenvalue weighted by atomic mass is 10.2. The summed E-state index contributed by atoms with van der Waals surface area (Å²) < 4.78 is 5.11. The highest BCUT2D eigenvalue weighted by Gasteiger charge is 2.08. The number of benzene rings is 1. The molecular weight excluding hydrogens is 244 g/mol. The highest BCUT2D eigenvalue weighted by atomic mass is 16.5. The fourth-order valence-corrected chi connectivity index (χ4v) is 1.37. The molecule has 0 atom stereocenters. The van der Waals surface area contributed by atoms with Gasteiger partial charge in [0, 0.05) is 5.69 Å². The number of carbonyl (C=O) groups excluding carboxylic acids is 2. The van der Waals surface area contributed by atoms with Crippen LogP contribution in [0.4, 0.5) is 5.69 Å². The minimum atomic E-state index is -0.216. The van der Waals surface area contributed by atoms with E-state index in [0.29, 0.717) is 0 Å². The molecule has 5 nitrogen and oxygen atoms in total. The Labute approximate surface area is 113 Å². The fourth-order valence-electron chi connectivity index (χ4n) is 1.37. The molecule has 0 unspecified atom stereocenters. The third kappa shape index (κ3) is 5.52. The Hall–Kier alpha value is -1.88. The Kier molecular flexibility index (Phi) is 6.02. The van der Waals surface area contributed by atoms with Gasteiger partial charge in [0.1, 0.15) is 6.61 Å². The molecule has 0 aliphatic carbocycles. The van der Waals surface area contributed by atoms with Gasteiger partial charge in [-0.25, -0.2) is 0 Å². The largest absolute Gasteiger partial charge is 0.461 e. The molecule has 104 valence electrons. The minimum Gasteiger partial charge on any atom is -0.461 e. The first-order chi connectivity index (χ1) is 9.02.